The molecule has 2 saturated carbocycles. The summed E-state index contributed by atoms with van der Waals surface area (Å²) >= 11 is 0. The normalized spacial score (nSPS) is 52.2. The van der Waals surface area contributed by atoms with Crippen LogP contribution in [0.25, 0.3) is 0 Å². The van der Waals surface area contributed by atoms with Crippen LogP contribution in [0.4, 0.5) is 0 Å². The van der Waals surface area contributed by atoms with E-state index < -0.39 is 0 Å². The van der Waals surface area contributed by atoms with Gasteiger partial charge in [-0.1, -0.05) is 27.7 Å². The molecule has 17 heavy (non-hydrogen) atoms. The van der Waals surface area contributed by atoms with Crippen LogP contribution in [0.1, 0.15) is 59.8 Å². The number of hydrogen-bond acceptors (Lipinski definition) is 2. The van der Waals surface area contributed by atoms with Gasteiger partial charge in [-0.05, 0) is 37.0 Å². The molecule has 2 bridgehead atoms. The van der Waals surface area contributed by atoms with Crippen molar-refractivity contribution < 1.29 is 9.47 Å². The maximum atomic E-state index is 6.43. The minimum absolute atomic E-state index is 0.0377. The largest absolute Gasteiger partial charge is 0.353 e. The molecule has 1 heterocycles. The van der Waals surface area contributed by atoms with Crippen LogP contribution < -0.4 is 0 Å². The van der Waals surface area contributed by atoms with Crippen molar-refractivity contribution >= 4 is 0 Å². The van der Waals surface area contributed by atoms with Crippen LogP contribution in [0.15, 0.2) is 0 Å². The fraction of sp³-hybridized carbons (Fsp3) is 1.00. The second-order valence-corrected chi connectivity index (χ2v) is 7.06. The highest BCUT2D eigenvalue weighted by Gasteiger charge is 2.70. The van der Waals surface area contributed by atoms with Crippen molar-refractivity contribution in [1.82, 2.24) is 0 Å². The van der Waals surface area contributed by atoms with Crippen LogP contribution in [0.2, 0.25) is 0 Å². The lowest BCUT2D eigenvalue weighted by atomic mass is 9.63. The first-order chi connectivity index (χ1) is 7.95. The predicted molar refractivity (Wildman–Crippen MR) is 67.7 cm³/mol. The molecule has 1 unspecified atom stereocenters. The van der Waals surface area contributed by atoms with Crippen molar-refractivity contribution in [3.8, 4) is 0 Å². The Morgan fingerprint density at radius 1 is 1.18 bits per heavy atom. The van der Waals surface area contributed by atoms with Crippen LogP contribution in [-0.4, -0.2) is 18.5 Å². The molecular weight excluding hydrogens is 212 g/mol. The lowest BCUT2D eigenvalue weighted by Crippen LogP contribution is -2.54. The maximum absolute atomic E-state index is 6.43. The molecule has 1 spiro atoms. The van der Waals surface area contributed by atoms with Crippen LogP contribution in [0.3, 0.4) is 0 Å². The van der Waals surface area contributed by atoms with Gasteiger partial charge in [-0.25, -0.2) is 0 Å². The molecule has 3 rings (SSSR count). The highest BCUT2D eigenvalue weighted by Crippen LogP contribution is 2.72. The molecule has 0 aromatic heterocycles. The summed E-state index contributed by atoms with van der Waals surface area (Å²) in [6.45, 7) is 10.4. The smallest absolute Gasteiger partial charge is 0.158 e. The second kappa shape index (κ2) is 3.48. The van der Waals surface area contributed by atoms with E-state index >= 15 is 0 Å². The van der Waals surface area contributed by atoms with E-state index in [0.717, 1.165) is 25.4 Å². The molecule has 0 radical (unpaired) electrons. The predicted octanol–water partition coefficient (Wildman–Crippen LogP) is 3.74. The molecule has 4 atom stereocenters. The Kier molecular flexibility index (Phi) is 2.45. The van der Waals surface area contributed by atoms with Gasteiger partial charge in [0.25, 0.3) is 0 Å². The van der Waals surface area contributed by atoms with E-state index in [2.05, 4.69) is 27.7 Å². The maximum Gasteiger partial charge on any atom is 0.158 e. The Bertz CT molecular complexity index is 325. The van der Waals surface area contributed by atoms with E-state index in [1.807, 2.05) is 0 Å². The summed E-state index contributed by atoms with van der Waals surface area (Å²) in [7, 11) is 0. The third kappa shape index (κ3) is 1.29. The van der Waals surface area contributed by atoms with Gasteiger partial charge in [0.05, 0.1) is 12.2 Å². The molecule has 3 fully saturated rings. The van der Waals surface area contributed by atoms with Gasteiger partial charge in [0.2, 0.25) is 0 Å². The summed E-state index contributed by atoms with van der Waals surface area (Å²) in [6.07, 6.45) is 6.10. The highest BCUT2D eigenvalue weighted by atomic mass is 16.7. The lowest BCUT2D eigenvalue weighted by molar-refractivity contribution is -0.292. The quantitative estimate of drug-likeness (QED) is 0.692. The Morgan fingerprint density at radius 3 is 2.47 bits per heavy atom. The first-order valence-electron chi connectivity index (χ1n) is 7.25. The van der Waals surface area contributed by atoms with Crippen LogP contribution >= 0.6 is 0 Å². The molecule has 0 N–H and O–H groups in total. The zero-order valence-corrected chi connectivity index (χ0v) is 11.7. The molecule has 1 aliphatic heterocycles. The van der Waals surface area contributed by atoms with Crippen molar-refractivity contribution in [2.24, 2.45) is 16.7 Å². The molecule has 1 saturated heterocycles. The number of ether oxygens (including phenoxy) is 2. The molecule has 2 nitrogen and oxygen atoms in total. The van der Waals surface area contributed by atoms with Gasteiger partial charge >= 0.3 is 0 Å². The van der Waals surface area contributed by atoms with E-state index in [9.17, 15) is 0 Å². The van der Waals surface area contributed by atoms with Gasteiger partial charge in [-0.2, -0.15) is 0 Å². The van der Waals surface area contributed by atoms with Gasteiger partial charge in [0.15, 0.2) is 6.29 Å². The Morgan fingerprint density at radius 2 is 1.94 bits per heavy atom. The van der Waals surface area contributed by atoms with E-state index in [1.165, 1.54) is 19.3 Å². The van der Waals surface area contributed by atoms with Crippen molar-refractivity contribution in [3.63, 3.8) is 0 Å². The Hall–Kier alpha value is -0.0800. The molecule has 0 aromatic carbocycles. The van der Waals surface area contributed by atoms with Crippen LogP contribution in [0, 0.1) is 16.7 Å². The van der Waals surface area contributed by atoms with Crippen molar-refractivity contribution in [1.29, 1.82) is 0 Å². The van der Waals surface area contributed by atoms with Crippen LogP contribution in [0.5, 0.6) is 0 Å². The van der Waals surface area contributed by atoms with Gasteiger partial charge in [0.1, 0.15) is 0 Å². The van der Waals surface area contributed by atoms with Gasteiger partial charge in [-0.15, -0.1) is 0 Å². The fourth-order valence-electron chi connectivity index (χ4n) is 4.85. The zero-order chi connectivity index (χ0) is 12.3. The number of hydrogen-bond donors (Lipinski definition) is 0. The zero-order valence-electron chi connectivity index (χ0n) is 11.7. The van der Waals surface area contributed by atoms with Gasteiger partial charge in [0, 0.05) is 11.8 Å². The standard InChI is InChI=1S/C15H26O2/c1-5-12-16-9-8-15(17-12)10-11-6-7-14(15,4)13(11,2)3/h11-12H,5-10H2,1-4H3/t11-,12?,14-,15-/m1/s1. The highest BCUT2D eigenvalue weighted by molar-refractivity contribution is 5.19. The second-order valence-electron chi connectivity index (χ2n) is 7.06. The minimum atomic E-state index is 0.0377. The van der Waals surface area contributed by atoms with E-state index in [0.29, 0.717) is 10.8 Å². The summed E-state index contributed by atoms with van der Waals surface area (Å²) in [5.74, 6) is 0.850. The summed E-state index contributed by atoms with van der Waals surface area (Å²) < 4.78 is 12.1. The molecule has 2 aliphatic carbocycles. The summed E-state index contributed by atoms with van der Waals surface area (Å²) in [5.41, 5.74) is 0.892. The fourth-order valence-corrected chi connectivity index (χ4v) is 4.85. The van der Waals surface area contributed by atoms with Crippen molar-refractivity contribution in [2.45, 2.75) is 71.7 Å². The third-order valence-corrected chi connectivity index (χ3v) is 6.52. The first kappa shape index (κ1) is 12.0. The first-order valence-corrected chi connectivity index (χ1v) is 7.25. The SMILES string of the molecule is CCC1OCC[C@]2(C[C@H]3CC[C@]2(C)C3(C)C)O1. The van der Waals surface area contributed by atoms with Crippen LogP contribution in [-0.2, 0) is 9.47 Å². The minimum Gasteiger partial charge on any atom is -0.353 e. The van der Waals surface area contributed by atoms with Gasteiger partial charge < -0.3 is 9.47 Å². The van der Waals surface area contributed by atoms with E-state index in [4.69, 9.17) is 9.47 Å². The Labute approximate surface area is 105 Å². The summed E-state index contributed by atoms with van der Waals surface area (Å²) in [5, 5.41) is 0. The summed E-state index contributed by atoms with van der Waals surface area (Å²) in [6, 6.07) is 0. The molecular formula is C15H26O2. The van der Waals surface area contributed by atoms with Gasteiger partial charge in [-0.3, -0.25) is 0 Å². The van der Waals surface area contributed by atoms with Crippen molar-refractivity contribution in [3.05, 3.63) is 0 Å². The molecule has 2 heteroatoms. The topological polar surface area (TPSA) is 18.5 Å². The van der Waals surface area contributed by atoms with E-state index in [1.54, 1.807) is 0 Å². The molecule has 3 aliphatic rings. The van der Waals surface area contributed by atoms with Crippen molar-refractivity contribution in [2.75, 3.05) is 6.61 Å². The lowest BCUT2D eigenvalue weighted by Gasteiger charge is -2.52. The average molecular weight is 238 g/mol. The third-order valence-electron chi connectivity index (χ3n) is 6.52. The number of rotatable bonds is 1. The molecule has 0 aromatic rings. The molecule has 0 amide bonds. The molecule has 98 valence electrons. The average Bonchev–Trinajstić information content (AvgIpc) is 2.61. The van der Waals surface area contributed by atoms with E-state index in [-0.39, 0.29) is 11.9 Å². The summed E-state index contributed by atoms with van der Waals surface area (Å²) in [4.78, 5) is 0. The monoisotopic (exact) mass is 238 g/mol. The number of fused-ring (bicyclic) bond motifs is 3. The Balaban J connectivity index is 1.94.